The average molecular weight is 225 g/mol. The van der Waals surface area contributed by atoms with E-state index in [0.29, 0.717) is 6.54 Å². The minimum absolute atomic E-state index is 0.270. The van der Waals surface area contributed by atoms with Crippen LogP contribution in [0.5, 0.6) is 5.75 Å². The minimum Gasteiger partial charge on any atom is -0.508 e. The second-order valence-corrected chi connectivity index (χ2v) is 3.91. The standard InChI is InChI=1S/C13H11N3O/c17-11-5-3-4-10(8-11)9-16-13-7-2-1-6-12(13)14-15-16/h1-8,17H,9H2. The second-order valence-electron chi connectivity index (χ2n) is 3.91. The molecule has 1 aromatic heterocycles. The van der Waals surface area contributed by atoms with E-state index in [4.69, 9.17) is 0 Å². The smallest absolute Gasteiger partial charge is 0.115 e. The Kier molecular flexibility index (Phi) is 2.26. The van der Waals surface area contributed by atoms with E-state index in [1.54, 1.807) is 12.1 Å². The maximum absolute atomic E-state index is 9.41. The van der Waals surface area contributed by atoms with Crippen LogP contribution in [0.4, 0.5) is 0 Å². The van der Waals surface area contributed by atoms with E-state index in [0.717, 1.165) is 16.6 Å². The molecule has 0 radical (unpaired) electrons. The van der Waals surface area contributed by atoms with Crippen LogP contribution >= 0.6 is 0 Å². The predicted octanol–water partition coefficient (Wildman–Crippen LogP) is 2.19. The molecular weight excluding hydrogens is 214 g/mol. The lowest BCUT2D eigenvalue weighted by atomic mass is 10.2. The first-order valence-electron chi connectivity index (χ1n) is 5.39. The molecule has 4 nitrogen and oxygen atoms in total. The molecule has 3 aromatic rings. The van der Waals surface area contributed by atoms with Gasteiger partial charge in [-0.1, -0.05) is 29.5 Å². The van der Waals surface area contributed by atoms with Crippen LogP contribution in [0.15, 0.2) is 48.5 Å². The molecule has 0 aliphatic carbocycles. The van der Waals surface area contributed by atoms with Gasteiger partial charge in [-0.05, 0) is 29.8 Å². The maximum Gasteiger partial charge on any atom is 0.115 e. The molecule has 0 aliphatic rings. The molecule has 3 rings (SSSR count). The van der Waals surface area contributed by atoms with Crippen molar-refractivity contribution in [2.75, 3.05) is 0 Å². The Morgan fingerprint density at radius 3 is 2.82 bits per heavy atom. The third kappa shape index (κ3) is 1.85. The van der Waals surface area contributed by atoms with Gasteiger partial charge in [-0.25, -0.2) is 4.68 Å². The number of hydrogen-bond acceptors (Lipinski definition) is 3. The van der Waals surface area contributed by atoms with Crippen LogP contribution in [-0.4, -0.2) is 20.1 Å². The molecule has 0 unspecified atom stereocenters. The zero-order valence-electron chi connectivity index (χ0n) is 9.11. The van der Waals surface area contributed by atoms with Crippen LogP contribution in [0.1, 0.15) is 5.56 Å². The molecule has 0 amide bonds. The fraction of sp³-hybridized carbons (Fsp3) is 0.0769. The molecule has 1 N–H and O–H groups in total. The average Bonchev–Trinajstić information content (AvgIpc) is 2.73. The van der Waals surface area contributed by atoms with Crippen LogP contribution in [0.2, 0.25) is 0 Å². The Morgan fingerprint density at radius 1 is 1.06 bits per heavy atom. The topological polar surface area (TPSA) is 50.9 Å². The van der Waals surface area contributed by atoms with E-state index in [1.807, 2.05) is 41.1 Å². The summed E-state index contributed by atoms with van der Waals surface area (Å²) in [5, 5.41) is 17.6. The molecule has 1 heterocycles. The summed E-state index contributed by atoms with van der Waals surface area (Å²) in [6.45, 7) is 0.606. The number of fused-ring (bicyclic) bond motifs is 1. The molecule has 84 valence electrons. The van der Waals surface area contributed by atoms with E-state index in [-0.39, 0.29) is 5.75 Å². The second kappa shape index (κ2) is 3.90. The van der Waals surface area contributed by atoms with E-state index >= 15 is 0 Å². The van der Waals surface area contributed by atoms with Gasteiger partial charge in [0.05, 0.1) is 12.1 Å². The molecule has 0 fully saturated rings. The van der Waals surface area contributed by atoms with Crippen molar-refractivity contribution in [3.05, 3.63) is 54.1 Å². The number of benzene rings is 2. The van der Waals surface area contributed by atoms with Crippen molar-refractivity contribution < 1.29 is 5.11 Å². The predicted molar refractivity (Wildman–Crippen MR) is 64.7 cm³/mol. The van der Waals surface area contributed by atoms with Crippen molar-refractivity contribution >= 4 is 11.0 Å². The van der Waals surface area contributed by atoms with Gasteiger partial charge in [-0.15, -0.1) is 5.10 Å². The van der Waals surface area contributed by atoms with Gasteiger partial charge in [0.25, 0.3) is 0 Å². The number of aromatic nitrogens is 3. The summed E-state index contributed by atoms with van der Waals surface area (Å²) < 4.78 is 1.82. The van der Waals surface area contributed by atoms with Gasteiger partial charge in [0, 0.05) is 0 Å². The molecule has 0 aliphatic heterocycles. The number of phenolic OH excluding ortho intramolecular Hbond substituents is 1. The Morgan fingerprint density at radius 2 is 1.94 bits per heavy atom. The number of phenols is 1. The Hall–Kier alpha value is -2.36. The van der Waals surface area contributed by atoms with E-state index < -0.39 is 0 Å². The number of rotatable bonds is 2. The van der Waals surface area contributed by atoms with Crippen molar-refractivity contribution in [1.29, 1.82) is 0 Å². The fourth-order valence-corrected chi connectivity index (χ4v) is 1.86. The summed E-state index contributed by atoms with van der Waals surface area (Å²) in [5.41, 5.74) is 2.88. The summed E-state index contributed by atoms with van der Waals surface area (Å²) in [6, 6.07) is 15.0. The molecule has 2 aromatic carbocycles. The monoisotopic (exact) mass is 225 g/mol. The van der Waals surface area contributed by atoms with Gasteiger partial charge < -0.3 is 5.11 Å². The first-order valence-corrected chi connectivity index (χ1v) is 5.39. The highest BCUT2D eigenvalue weighted by Crippen LogP contribution is 2.15. The fourth-order valence-electron chi connectivity index (χ4n) is 1.86. The maximum atomic E-state index is 9.41. The number of aromatic hydroxyl groups is 1. The number of hydrogen-bond donors (Lipinski definition) is 1. The van der Waals surface area contributed by atoms with Crippen molar-refractivity contribution in [3.63, 3.8) is 0 Å². The lowest BCUT2D eigenvalue weighted by Gasteiger charge is -2.02. The highest BCUT2D eigenvalue weighted by molar-refractivity contribution is 5.73. The minimum atomic E-state index is 0.270. The largest absolute Gasteiger partial charge is 0.508 e. The Balaban J connectivity index is 2.00. The van der Waals surface area contributed by atoms with Gasteiger partial charge in [0.1, 0.15) is 11.3 Å². The van der Waals surface area contributed by atoms with Crippen molar-refractivity contribution in [2.24, 2.45) is 0 Å². The number of nitrogens with zero attached hydrogens (tertiary/aromatic N) is 3. The summed E-state index contributed by atoms with van der Waals surface area (Å²) >= 11 is 0. The highest BCUT2D eigenvalue weighted by Gasteiger charge is 2.04. The molecule has 0 saturated heterocycles. The molecular formula is C13H11N3O. The lowest BCUT2D eigenvalue weighted by molar-refractivity contribution is 0.474. The van der Waals surface area contributed by atoms with Crippen LogP contribution in [0.25, 0.3) is 11.0 Å². The summed E-state index contributed by atoms with van der Waals surface area (Å²) in [6.07, 6.45) is 0. The quantitative estimate of drug-likeness (QED) is 0.727. The summed E-state index contributed by atoms with van der Waals surface area (Å²) in [7, 11) is 0. The third-order valence-electron chi connectivity index (χ3n) is 2.66. The summed E-state index contributed by atoms with van der Waals surface area (Å²) in [5.74, 6) is 0.270. The van der Waals surface area contributed by atoms with Gasteiger partial charge in [0.2, 0.25) is 0 Å². The molecule has 0 atom stereocenters. The zero-order valence-corrected chi connectivity index (χ0v) is 9.11. The van der Waals surface area contributed by atoms with E-state index in [9.17, 15) is 5.11 Å². The van der Waals surface area contributed by atoms with Crippen LogP contribution < -0.4 is 0 Å². The van der Waals surface area contributed by atoms with Crippen molar-refractivity contribution in [2.45, 2.75) is 6.54 Å². The van der Waals surface area contributed by atoms with E-state index in [1.165, 1.54) is 0 Å². The first-order chi connectivity index (χ1) is 8.33. The van der Waals surface area contributed by atoms with Crippen LogP contribution in [0.3, 0.4) is 0 Å². The SMILES string of the molecule is Oc1cccc(Cn2nnc3ccccc32)c1. The highest BCUT2D eigenvalue weighted by atomic mass is 16.3. The third-order valence-corrected chi connectivity index (χ3v) is 2.66. The van der Waals surface area contributed by atoms with Crippen LogP contribution in [0, 0.1) is 0 Å². The number of para-hydroxylation sites is 1. The Bertz CT molecular complexity index is 660. The molecule has 0 bridgehead atoms. The molecule has 4 heteroatoms. The first kappa shape index (κ1) is 9.84. The van der Waals surface area contributed by atoms with Gasteiger partial charge in [-0.3, -0.25) is 0 Å². The normalized spacial score (nSPS) is 10.8. The van der Waals surface area contributed by atoms with Crippen molar-refractivity contribution in [1.82, 2.24) is 15.0 Å². The van der Waals surface area contributed by atoms with Gasteiger partial charge in [-0.2, -0.15) is 0 Å². The van der Waals surface area contributed by atoms with Gasteiger partial charge >= 0.3 is 0 Å². The molecule has 17 heavy (non-hydrogen) atoms. The molecule has 0 spiro atoms. The van der Waals surface area contributed by atoms with E-state index in [2.05, 4.69) is 10.3 Å². The Labute approximate surface area is 98.1 Å². The summed E-state index contributed by atoms with van der Waals surface area (Å²) in [4.78, 5) is 0. The van der Waals surface area contributed by atoms with Crippen LogP contribution in [-0.2, 0) is 6.54 Å². The van der Waals surface area contributed by atoms with Crippen molar-refractivity contribution in [3.8, 4) is 5.75 Å². The van der Waals surface area contributed by atoms with Gasteiger partial charge in [0.15, 0.2) is 0 Å². The molecule has 0 saturated carbocycles. The zero-order chi connectivity index (χ0) is 11.7. The lowest BCUT2D eigenvalue weighted by Crippen LogP contribution is -2.01.